The molecule has 0 aliphatic carbocycles. The molecule has 7 rings (SSSR count). The third kappa shape index (κ3) is 7.09. The number of benzene rings is 3. The smallest absolute Gasteiger partial charge is 0.264 e. The van der Waals surface area contributed by atoms with Gasteiger partial charge >= 0.3 is 0 Å². The van der Waals surface area contributed by atoms with Gasteiger partial charge in [0.1, 0.15) is 0 Å². The minimum Gasteiger partial charge on any atom is -0.432 e. The maximum absolute atomic E-state index is 15.1. The molecule has 4 amide bonds. The Kier molecular flexibility index (Phi) is 10.8. The van der Waals surface area contributed by atoms with E-state index < -0.39 is 31.5 Å². The monoisotopic (exact) mass is 754 g/mol. The third-order valence-electron chi connectivity index (χ3n) is 11.4. The molecule has 3 fully saturated rings. The Morgan fingerprint density at radius 1 is 0.907 bits per heavy atom. The summed E-state index contributed by atoms with van der Waals surface area (Å²) in [4.78, 5) is 73.4. The molecule has 1 spiro atoms. The Morgan fingerprint density at radius 2 is 1.54 bits per heavy atom. The van der Waals surface area contributed by atoms with Crippen LogP contribution in [0.25, 0.3) is 0 Å². The zero-order valence-corrected chi connectivity index (χ0v) is 32.2. The predicted octanol–water partition coefficient (Wildman–Crippen LogP) is 2.31. The third-order valence-corrected chi connectivity index (χ3v) is 13.9. The number of ether oxygens (including phenoxy) is 1. The molecule has 4 heterocycles. The van der Waals surface area contributed by atoms with Crippen LogP contribution in [-0.2, 0) is 42.6 Å². The zero-order valence-electron chi connectivity index (χ0n) is 31.2. The van der Waals surface area contributed by atoms with Crippen LogP contribution in [0.1, 0.15) is 30.0 Å². The quantitative estimate of drug-likeness (QED) is 0.216. The van der Waals surface area contributed by atoms with Crippen molar-refractivity contribution in [2.75, 3.05) is 67.1 Å². The fourth-order valence-corrected chi connectivity index (χ4v) is 11.4. The summed E-state index contributed by atoms with van der Waals surface area (Å²) in [6.45, 7) is 8.90. The van der Waals surface area contributed by atoms with Crippen molar-refractivity contribution in [2.45, 2.75) is 56.8 Å². The van der Waals surface area contributed by atoms with Crippen molar-refractivity contribution in [1.82, 2.24) is 15.5 Å². The van der Waals surface area contributed by atoms with Gasteiger partial charge in [-0.2, -0.15) is 0 Å². The van der Waals surface area contributed by atoms with E-state index in [1.54, 1.807) is 19.6 Å². The molecule has 0 radical (unpaired) electrons. The normalized spacial score (nSPS) is 24.4. The summed E-state index contributed by atoms with van der Waals surface area (Å²) < 4.78 is 7.00. The highest BCUT2D eigenvalue weighted by molar-refractivity contribution is 6.71. The van der Waals surface area contributed by atoms with E-state index in [-0.39, 0.29) is 62.8 Å². The average Bonchev–Trinajstić information content (AvgIpc) is 3.58. The Labute approximate surface area is 317 Å². The molecule has 286 valence electrons. The molecule has 0 aromatic heterocycles. The van der Waals surface area contributed by atoms with Crippen molar-refractivity contribution in [3.05, 3.63) is 89.5 Å². The fraction of sp³-hybridized carbons (Fsp3) is 0.450. The number of aliphatic hydroxyl groups is 1. The van der Waals surface area contributed by atoms with Crippen LogP contribution in [0.15, 0.2) is 72.8 Å². The number of piperazine rings is 2. The molecule has 0 bridgehead atoms. The summed E-state index contributed by atoms with van der Waals surface area (Å²) in [6, 6.07) is 22.8. The van der Waals surface area contributed by atoms with Crippen LogP contribution in [0, 0.1) is 5.92 Å². The number of anilines is 3. The van der Waals surface area contributed by atoms with Crippen molar-refractivity contribution in [2.24, 2.45) is 5.92 Å². The molecule has 14 heteroatoms. The molecule has 3 saturated heterocycles. The lowest BCUT2D eigenvalue weighted by molar-refractivity contribution is -0.150. The molecule has 4 aliphatic heterocycles. The van der Waals surface area contributed by atoms with Crippen LogP contribution >= 0.6 is 0 Å². The van der Waals surface area contributed by atoms with Crippen LogP contribution in [-0.4, -0.2) is 105 Å². The van der Waals surface area contributed by atoms with Crippen LogP contribution in [0.5, 0.6) is 0 Å². The van der Waals surface area contributed by atoms with Gasteiger partial charge in [-0.05, 0) is 54.6 Å². The van der Waals surface area contributed by atoms with Gasteiger partial charge in [0.2, 0.25) is 17.7 Å². The Morgan fingerprint density at radius 3 is 2.15 bits per heavy atom. The molecule has 4 N–H and O–H groups in total. The maximum Gasteiger partial charge on any atom is 0.264 e. The molecule has 4 aliphatic rings. The molecule has 13 nitrogen and oxygen atoms in total. The maximum atomic E-state index is 15.1. The minimum atomic E-state index is -3.10. The van der Waals surface area contributed by atoms with Crippen molar-refractivity contribution in [3.8, 4) is 0 Å². The van der Waals surface area contributed by atoms with Gasteiger partial charge in [0, 0.05) is 67.7 Å². The Balaban J connectivity index is 1.24. The van der Waals surface area contributed by atoms with E-state index in [0.717, 1.165) is 16.8 Å². The van der Waals surface area contributed by atoms with E-state index in [9.17, 15) is 24.3 Å². The van der Waals surface area contributed by atoms with Crippen LogP contribution in [0.2, 0.25) is 18.6 Å². The van der Waals surface area contributed by atoms with Gasteiger partial charge in [-0.25, -0.2) is 0 Å². The number of hydrogen-bond donors (Lipinski definition) is 4. The summed E-state index contributed by atoms with van der Waals surface area (Å²) in [7, 11) is -3.10. The van der Waals surface area contributed by atoms with Crippen molar-refractivity contribution < 1.29 is 33.8 Å². The summed E-state index contributed by atoms with van der Waals surface area (Å²) in [5.74, 6) is -1.12. The average molecular weight is 755 g/mol. The van der Waals surface area contributed by atoms with Crippen LogP contribution in [0.4, 0.5) is 17.1 Å². The van der Waals surface area contributed by atoms with E-state index in [4.69, 9.17) is 4.74 Å². The van der Waals surface area contributed by atoms with Crippen molar-refractivity contribution in [1.29, 1.82) is 0 Å². The first kappa shape index (κ1) is 37.9. The van der Waals surface area contributed by atoms with Gasteiger partial charge in [0.15, 0.2) is 13.9 Å². The molecule has 54 heavy (non-hydrogen) atoms. The first-order valence-electron chi connectivity index (χ1n) is 18.8. The van der Waals surface area contributed by atoms with Gasteiger partial charge in [-0.1, -0.05) is 49.4 Å². The lowest BCUT2D eigenvalue weighted by Gasteiger charge is -2.33. The number of fused-ring (bicyclic) bond motifs is 2. The highest BCUT2D eigenvalue weighted by Gasteiger charge is 2.66. The number of aliphatic hydroxyl groups excluding tert-OH is 1. The van der Waals surface area contributed by atoms with Gasteiger partial charge in [-0.3, -0.25) is 19.2 Å². The van der Waals surface area contributed by atoms with Gasteiger partial charge in [0.05, 0.1) is 44.5 Å². The first-order valence-corrected chi connectivity index (χ1v) is 21.8. The van der Waals surface area contributed by atoms with Gasteiger partial charge in [-0.15, -0.1) is 0 Å². The molecular formula is C40H50N6O7Si. The minimum absolute atomic E-state index is 0.00299. The largest absolute Gasteiger partial charge is 0.432 e. The highest BCUT2D eigenvalue weighted by Crippen LogP contribution is 2.60. The Bertz CT molecular complexity index is 1890. The second-order valence-corrected chi connectivity index (χ2v) is 19.3. The number of nitrogens with one attached hydrogen (secondary N) is 2. The van der Waals surface area contributed by atoms with Crippen molar-refractivity contribution >= 4 is 49.0 Å². The molecule has 4 atom stereocenters. The summed E-state index contributed by atoms with van der Waals surface area (Å²) >= 11 is 0. The zero-order chi connectivity index (χ0) is 38.2. The van der Waals surface area contributed by atoms with Gasteiger partial charge < -0.3 is 44.9 Å². The number of carbonyl (C=O) groups excluding carboxylic acids is 4. The molecule has 3 aromatic rings. The predicted molar refractivity (Wildman–Crippen MR) is 207 cm³/mol. The van der Waals surface area contributed by atoms with Crippen molar-refractivity contribution in [3.63, 3.8) is 0 Å². The molecule has 0 unspecified atom stereocenters. The van der Waals surface area contributed by atoms with E-state index in [1.807, 2.05) is 92.8 Å². The summed E-state index contributed by atoms with van der Waals surface area (Å²) in [5, 5.41) is 16.1. The Hall–Kier alpha value is -4.44. The second kappa shape index (κ2) is 15.4. The second-order valence-electron chi connectivity index (χ2n) is 15.3. The van der Waals surface area contributed by atoms with E-state index in [1.165, 1.54) is 0 Å². The topological polar surface area (TPSA) is 155 Å². The number of hydrogen-bond acceptors (Lipinski definition) is 9. The van der Waals surface area contributed by atoms with Gasteiger partial charge in [0.25, 0.3) is 5.91 Å². The fourth-order valence-electron chi connectivity index (χ4n) is 8.83. The number of carbonyl (C=O) groups is 4. The van der Waals surface area contributed by atoms with E-state index >= 15 is 4.79 Å². The van der Waals surface area contributed by atoms with Crippen LogP contribution in [0.3, 0.4) is 0 Å². The molecular weight excluding hydrogens is 705 g/mol. The molecule has 0 saturated carbocycles. The van der Waals surface area contributed by atoms with E-state index in [2.05, 4.69) is 10.6 Å². The van der Waals surface area contributed by atoms with E-state index in [0.29, 0.717) is 49.7 Å². The number of rotatable bonds is 11. The highest BCUT2D eigenvalue weighted by atomic mass is 28.4. The SMILES string of the molecule is C[C@H]1[C@H]([Si](C)(C)O)[C@@H](CC(=O)N(CCO)Cc2ccccc2)O[C@]12C(=O)N(Cc1ccc(N3CCNCC3=O)cc1)c1ccc(N3CCNCC3=O)cc12. The first-order chi connectivity index (χ1) is 25.9. The number of nitrogens with zero attached hydrogens (tertiary/aromatic N) is 4. The number of amides is 4. The lowest BCUT2D eigenvalue weighted by atomic mass is 9.82. The standard InChI is InChI=1S/C40H50N6O7Si/c1-27-38(54(2,3)52)34(22-35(48)43(19-20-47)25-28-7-5-4-6-8-28)53-40(27)32-21-31(45-18-16-42-24-37(45)50)13-14-33(32)46(39(40)51)26-29-9-11-30(12-10-29)44-17-15-41-23-36(44)49/h4-14,21,27,34,38,41-42,47,52H,15-20,22-26H2,1-3H3/t27-,34+,38-,40+/m0/s1. The van der Waals surface area contributed by atoms with Crippen LogP contribution < -0.4 is 25.3 Å². The molecule has 3 aromatic carbocycles. The summed E-state index contributed by atoms with van der Waals surface area (Å²) in [5.41, 5.74) is 2.46. The summed E-state index contributed by atoms with van der Waals surface area (Å²) in [6.07, 6.45) is -0.862. The lowest BCUT2D eigenvalue weighted by Crippen LogP contribution is -2.48.